The van der Waals surface area contributed by atoms with Gasteiger partial charge in [-0.15, -0.1) is 11.3 Å². The summed E-state index contributed by atoms with van der Waals surface area (Å²) in [5.41, 5.74) is 0.568. The van der Waals surface area contributed by atoms with Crippen molar-refractivity contribution in [2.45, 2.75) is 25.1 Å². The van der Waals surface area contributed by atoms with Crippen LogP contribution in [0.25, 0.3) is 0 Å². The van der Waals surface area contributed by atoms with Crippen molar-refractivity contribution < 1.29 is 0 Å². The standard InChI is InChI=1S/C10H13BrS/c1-10(2)6-7(10)9(11)8-4-3-5-12-8/h3-5,7,9H,6H2,1-2H3. The van der Waals surface area contributed by atoms with Gasteiger partial charge in [-0.25, -0.2) is 0 Å². The third-order valence-electron chi connectivity index (χ3n) is 2.76. The minimum Gasteiger partial charge on any atom is -0.148 e. The monoisotopic (exact) mass is 244 g/mol. The van der Waals surface area contributed by atoms with Crippen molar-refractivity contribution in [1.29, 1.82) is 0 Å². The molecule has 1 aliphatic rings. The smallest absolute Gasteiger partial charge is 0.0522 e. The van der Waals surface area contributed by atoms with E-state index in [0.29, 0.717) is 10.2 Å². The van der Waals surface area contributed by atoms with Crippen LogP contribution in [0.3, 0.4) is 0 Å². The third kappa shape index (κ3) is 1.47. The van der Waals surface area contributed by atoms with Crippen molar-refractivity contribution in [3.63, 3.8) is 0 Å². The lowest BCUT2D eigenvalue weighted by atomic mass is 10.1. The van der Waals surface area contributed by atoms with Crippen LogP contribution in [0.15, 0.2) is 17.5 Å². The molecular formula is C10H13BrS. The number of rotatable bonds is 2. The van der Waals surface area contributed by atoms with E-state index < -0.39 is 0 Å². The fourth-order valence-corrected chi connectivity index (χ4v) is 3.80. The Labute approximate surface area is 86.1 Å². The maximum absolute atomic E-state index is 3.78. The first kappa shape index (κ1) is 8.76. The van der Waals surface area contributed by atoms with Crippen LogP contribution < -0.4 is 0 Å². The molecule has 12 heavy (non-hydrogen) atoms. The van der Waals surface area contributed by atoms with Crippen molar-refractivity contribution in [1.82, 2.24) is 0 Å². The zero-order valence-electron chi connectivity index (χ0n) is 7.38. The molecule has 1 heterocycles. The molecule has 0 saturated heterocycles. The van der Waals surface area contributed by atoms with Crippen molar-refractivity contribution in [3.05, 3.63) is 22.4 Å². The molecule has 66 valence electrons. The summed E-state index contributed by atoms with van der Waals surface area (Å²) >= 11 is 5.63. The quantitative estimate of drug-likeness (QED) is 0.684. The molecule has 2 unspecified atom stereocenters. The summed E-state index contributed by atoms with van der Waals surface area (Å²) < 4.78 is 0. The molecule has 0 radical (unpaired) electrons. The van der Waals surface area contributed by atoms with Gasteiger partial charge in [0.25, 0.3) is 0 Å². The summed E-state index contributed by atoms with van der Waals surface area (Å²) in [5, 5.41) is 2.15. The van der Waals surface area contributed by atoms with E-state index >= 15 is 0 Å². The van der Waals surface area contributed by atoms with Crippen LogP contribution in [0.2, 0.25) is 0 Å². The lowest BCUT2D eigenvalue weighted by molar-refractivity contribution is 0.557. The number of thiophene rings is 1. The van der Waals surface area contributed by atoms with Gasteiger partial charge in [-0.2, -0.15) is 0 Å². The third-order valence-corrected chi connectivity index (χ3v) is 5.15. The van der Waals surface area contributed by atoms with Crippen LogP contribution >= 0.6 is 27.3 Å². The predicted molar refractivity (Wildman–Crippen MR) is 57.9 cm³/mol. The minimum absolute atomic E-state index is 0.568. The van der Waals surface area contributed by atoms with Gasteiger partial charge < -0.3 is 0 Å². The highest BCUT2D eigenvalue weighted by Gasteiger charge is 2.49. The Bertz CT molecular complexity index is 263. The lowest BCUT2D eigenvalue weighted by Crippen LogP contribution is -1.96. The fourth-order valence-electron chi connectivity index (χ4n) is 1.65. The molecule has 2 heteroatoms. The first-order valence-corrected chi connectivity index (χ1v) is 6.08. The van der Waals surface area contributed by atoms with Crippen LogP contribution in [0, 0.1) is 11.3 Å². The van der Waals surface area contributed by atoms with Gasteiger partial charge in [0, 0.05) is 4.88 Å². The van der Waals surface area contributed by atoms with Crippen molar-refractivity contribution in [3.8, 4) is 0 Å². The second-order valence-corrected chi connectivity index (χ2v) is 6.18. The Kier molecular flexibility index (Phi) is 2.08. The number of alkyl halides is 1. The molecule has 0 amide bonds. The van der Waals surface area contributed by atoms with Gasteiger partial charge in [-0.3, -0.25) is 0 Å². The second kappa shape index (κ2) is 2.85. The average molecular weight is 245 g/mol. The zero-order chi connectivity index (χ0) is 8.77. The van der Waals surface area contributed by atoms with E-state index in [1.165, 1.54) is 11.3 Å². The van der Waals surface area contributed by atoms with Gasteiger partial charge >= 0.3 is 0 Å². The lowest BCUT2D eigenvalue weighted by Gasteiger charge is -2.08. The molecule has 2 atom stereocenters. The van der Waals surface area contributed by atoms with E-state index in [4.69, 9.17) is 0 Å². The molecule has 1 aromatic rings. The second-order valence-electron chi connectivity index (χ2n) is 4.22. The maximum atomic E-state index is 3.78. The average Bonchev–Trinajstić information content (AvgIpc) is 2.56. The maximum Gasteiger partial charge on any atom is 0.0522 e. The molecule has 0 aliphatic heterocycles. The molecule has 0 spiro atoms. The summed E-state index contributed by atoms with van der Waals surface area (Å²) in [6.45, 7) is 4.69. The largest absolute Gasteiger partial charge is 0.148 e. The van der Waals surface area contributed by atoms with E-state index in [-0.39, 0.29) is 0 Å². The molecule has 1 aromatic heterocycles. The van der Waals surface area contributed by atoms with Crippen molar-refractivity contribution >= 4 is 27.3 Å². The summed E-state index contributed by atoms with van der Waals surface area (Å²) in [7, 11) is 0. The molecule has 0 N–H and O–H groups in total. The summed E-state index contributed by atoms with van der Waals surface area (Å²) in [6, 6.07) is 4.35. The van der Waals surface area contributed by atoms with Crippen LogP contribution in [-0.4, -0.2) is 0 Å². The Hall–Kier alpha value is 0.180. The van der Waals surface area contributed by atoms with E-state index in [9.17, 15) is 0 Å². The number of halogens is 1. The van der Waals surface area contributed by atoms with Gasteiger partial charge in [0.1, 0.15) is 0 Å². The van der Waals surface area contributed by atoms with E-state index in [1.54, 1.807) is 0 Å². The van der Waals surface area contributed by atoms with E-state index in [1.807, 2.05) is 11.3 Å². The Morgan fingerprint density at radius 1 is 1.67 bits per heavy atom. The van der Waals surface area contributed by atoms with Crippen molar-refractivity contribution in [2.75, 3.05) is 0 Å². The van der Waals surface area contributed by atoms with Crippen LogP contribution in [0.5, 0.6) is 0 Å². The molecule has 0 bridgehead atoms. The van der Waals surface area contributed by atoms with Gasteiger partial charge in [-0.05, 0) is 29.2 Å². The summed E-state index contributed by atoms with van der Waals surface area (Å²) in [4.78, 5) is 2.07. The SMILES string of the molecule is CC1(C)CC1C(Br)c1cccs1. The molecule has 1 fully saturated rings. The summed E-state index contributed by atoms with van der Waals surface area (Å²) in [5.74, 6) is 0.844. The molecule has 1 aliphatic carbocycles. The van der Waals surface area contributed by atoms with Gasteiger partial charge in [0.05, 0.1) is 4.83 Å². The van der Waals surface area contributed by atoms with Gasteiger partial charge in [-0.1, -0.05) is 35.8 Å². The Morgan fingerprint density at radius 3 is 2.75 bits per heavy atom. The number of hydrogen-bond donors (Lipinski definition) is 0. The molecule has 0 nitrogen and oxygen atoms in total. The first-order chi connectivity index (χ1) is 5.61. The van der Waals surface area contributed by atoms with Crippen LogP contribution in [-0.2, 0) is 0 Å². The highest BCUT2D eigenvalue weighted by molar-refractivity contribution is 9.09. The van der Waals surface area contributed by atoms with Crippen LogP contribution in [0.4, 0.5) is 0 Å². The minimum atomic E-state index is 0.568. The topological polar surface area (TPSA) is 0 Å². The normalized spacial score (nSPS) is 28.4. The van der Waals surface area contributed by atoms with Gasteiger partial charge in [0.2, 0.25) is 0 Å². The summed E-state index contributed by atoms with van der Waals surface area (Å²) in [6.07, 6.45) is 1.36. The first-order valence-electron chi connectivity index (χ1n) is 4.29. The Balaban J connectivity index is 2.08. The fraction of sp³-hybridized carbons (Fsp3) is 0.600. The molecular weight excluding hydrogens is 232 g/mol. The van der Waals surface area contributed by atoms with E-state index in [2.05, 4.69) is 47.3 Å². The van der Waals surface area contributed by atoms with Crippen molar-refractivity contribution in [2.24, 2.45) is 11.3 Å². The molecule has 0 aromatic carbocycles. The molecule has 1 saturated carbocycles. The van der Waals surface area contributed by atoms with Crippen LogP contribution in [0.1, 0.15) is 30.0 Å². The highest BCUT2D eigenvalue weighted by atomic mass is 79.9. The Morgan fingerprint density at radius 2 is 2.33 bits per heavy atom. The molecule has 2 rings (SSSR count). The predicted octanol–water partition coefficient (Wildman–Crippen LogP) is 4.23. The number of hydrogen-bond acceptors (Lipinski definition) is 1. The van der Waals surface area contributed by atoms with Gasteiger partial charge in [0.15, 0.2) is 0 Å². The zero-order valence-corrected chi connectivity index (χ0v) is 9.78. The van der Waals surface area contributed by atoms with E-state index in [0.717, 1.165) is 5.92 Å². The highest BCUT2D eigenvalue weighted by Crippen LogP contribution is 2.60.